The van der Waals surface area contributed by atoms with E-state index < -0.39 is 5.91 Å². The van der Waals surface area contributed by atoms with Crippen LogP contribution in [0, 0.1) is 0 Å². The van der Waals surface area contributed by atoms with Crippen LogP contribution in [0.2, 0.25) is 0 Å². The average Bonchev–Trinajstić information content (AvgIpc) is 3.13. The minimum atomic E-state index is -0.422. The molecule has 1 heterocycles. The van der Waals surface area contributed by atoms with E-state index in [1.807, 2.05) is 23.9 Å². The second-order valence-corrected chi connectivity index (χ2v) is 4.63. The third kappa shape index (κ3) is 1.88. The Morgan fingerprint density at radius 2 is 2.00 bits per heavy atom. The number of carbonyl (C=O) groups is 1. The zero-order chi connectivity index (χ0) is 12.7. The Hall–Kier alpha value is -2.17. The van der Waals surface area contributed by atoms with Gasteiger partial charge in [0.15, 0.2) is 5.82 Å². The number of hydrogen-bond acceptors (Lipinski definition) is 3. The van der Waals surface area contributed by atoms with Crippen LogP contribution in [0.1, 0.15) is 34.9 Å². The lowest BCUT2D eigenvalue weighted by molar-refractivity contribution is 0.100. The van der Waals surface area contributed by atoms with Gasteiger partial charge in [-0.2, -0.15) is 5.10 Å². The minimum Gasteiger partial charge on any atom is -0.366 e. The Morgan fingerprint density at radius 1 is 1.33 bits per heavy atom. The highest BCUT2D eigenvalue weighted by molar-refractivity contribution is 5.93. The maximum atomic E-state index is 11.0. The van der Waals surface area contributed by atoms with Crippen molar-refractivity contribution in [2.75, 3.05) is 0 Å². The van der Waals surface area contributed by atoms with Crippen molar-refractivity contribution < 1.29 is 4.79 Å². The molecule has 18 heavy (non-hydrogen) atoms. The summed E-state index contributed by atoms with van der Waals surface area (Å²) in [6.45, 7) is 0. The van der Waals surface area contributed by atoms with E-state index in [-0.39, 0.29) is 0 Å². The monoisotopic (exact) mass is 242 g/mol. The van der Waals surface area contributed by atoms with Crippen molar-refractivity contribution in [2.24, 2.45) is 12.8 Å². The quantitative estimate of drug-likeness (QED) is 0.885. The minimum absolute atomic E-state index is 0.422. The van der Waals surface area contributed by atoms with Crippen molar-refractivity contribution >= 4 is 5.91 Å². The summed E-state index contributed by atoms with van der Waals surface area (Å²) in [5.41, 5.74) is 6.61. The van der Waals surface area contributed by atoms with Crippen molar-refractivity contribution in [3.8, 4) is 11.4 Å². The second-order valence-electron chi connectivity index (χ2n) is 4.63. The molecule has 2 N–H and O–H groups in total. The molecule has 0 aliphatic heterocycles. The van der Waals surface area contributed by atoms with Gasteiger partial charge in [0.25, 0.3) is 0 Å². The molecule has 5 nitrogen and oxygen atoms in total. The molecule has 1 saturated carbocycles. The van der Waals surface area contributed by atoms with Gasteiger partial charge in [-0.25, -0.2) is 4.98 Å². The van der Waals surface area contributed by atoms with Crippen LogP contribution in [0.5, 0.6) is 0 Å². The summed E-state index contributed by atoms with van der Waals surface area (Å²) in [7, 11) is 1.92. The molecule has 1 amide bonds. The highest BCUT2D eigenvalue weighted by Crippen LogP contribution is 2.39. The Kier molecular flexibility index (Phi) is 2.40. The van der Waals surface area contributed by atoms with E-state index in [0.29, 0.717) is 17.3 Å². The van der Waals surface area contributed by atoms with E-state index in [9.17, 15) is 4.79 Å². The summed E-state index contributed by atoms with van der Waals surface area (Å²) in [6.07, 6.45) is 2.40. The zero-order valence-electron chi connectivity index (χ0n) is 10.1. The van der Waals surface area contributed by atoms with Crippen molar-refractivity contribution in [1.29, 1.82) is 0 Å². The predicted molar refractivity (Wildman–Crippen MR) is 66.9 cm³/mol. The van der Waals surface area contributed by atoms with Crippen molar-refractivity contribution in [3.05, 3.63) is 35.7 Å². The standard InChI is InChI=1S/C13H14N4O/c1-17-13(10-6-7-10)15-12(16-17)9-4-2-8(3-5-9)11(14)18/h2-5,10H,6-7H2,1H3,(H2,14,18). The molecule has 1 aliphatic carbocycles. The average molecular weight is 242 g/mol. The molecular weight excluding hydrogens is 228 g/mol. The highest BCUT2D eigenvalue weighted by atomic mass is 16.1. The molecule has 0 saturated heterocycles. The van der Waals surface area contributed by atoms with Gasteiger partial charge in [-0.1, -0.05) is 12.1 Å². The molecule has 0 unspecified atom stereocenters. The summed E-state index contributed by atoms with van der Waals surface area (Å²) in [5.74, 6) is 1.90. The molecule has 1 aromatic heterocycles. The van der Waals surface area contributed by atoms with Crippen LogP contribution in [0.15, 0.2) is 24.3 Å². The maximum absolute atomic E-state index is 11.0. The molecule has 0 bridgehead atoms. The van der Waals surface area contributed by atoms with Gasteiger partial charge in [0.05, 0.1) is 0 Å². The molecule has 2 aromatic rings. The Bertz CT molecular complexity index is 596. The molecule has 3 rings (SSSR count). The van der Waals surface area contributed by atoms with Crippen LogP contribution >= 0.6 is 0 Å². The van der Waals surface area contributed by atoms with E-state index in [2.05, 4.69) is 10.1 Å². The lowest BCUT2D eigenvalue weighted by Gasteiger charge is -1.97. The number of nitrogens with two attached hydrogens (primary N) is 1. The van der Waals surface area contributed by atoms with Crippen LogP contribution in [0.4, 0.5) is 0 Å². The lowest BCUT2D eigenvalue weighted by atomic mass is 10.1. The fourth-order valence-corrected chi connectivity index (χ4v) is 2.00. The summed E-state index contributed by atoms with van der Waals surface area (Å²) in [5, 5.41) is 4.41. The fraction of sp³-hybridized carbons (Fsp3) is 0.308. The first-order valence-electron chi connectivity index (χ1n) is 5.96. The first-order valence-corrected chi connectivity index (χ1v) is 5.96. The first kappa shape index (κ1) is 11.0. The molecule has 0 spiro atoms. The number of rotatable bonds is 3. The molecule has 92 valence electrons. The van der Waals surface area contributed by atoms with Crippen LogP contribution < -0.4 is 5.73 Å². The van der Waals surface area contributed by atoms with Gasteiger partial charge in [-0.15, -0.1) is 0 Å². The largest absolute Gasteiger partial charge is 0.366 e. The molecule has 1 fully saturated rings. The number of hydrogen-bond donors (Lipinski definition) is 1. The zero-order valence-corrected chi connectivity index (χ0v) is 10.1. The van der Waals surface area contributed by atoms with Crippen molar-refractivity contribution in [2.45, 2.75) is 18.8 Å². The van der Waals surface area contributed by atoms with Crippen LogP contribution in [-0.2, 0) is 7.05 Å². The number of carbonyl (C=O) groups excluding carboxylic acids is 1. The van der Waals surface area contributed by atoms with E-state index in [1.165, 1.54) is 12.8 Å². The molecule has 0 atom stereocenters. The topological polar surface area (TPSA) is 73.8 Å². The SMILES string of the molecule is Cn1nc(-c2ccc(C(N)=O)cc2)nc1C1CC1. The molecular formula is C13H14N4O. The van der Waals surface area contributed by atoms with Crippen molar-refractivity contribution in [1.82, 2.24) is 14.8 Å². The van der Waals surface area contributed by atoms with E-state index >= 15 is 0 Å². The number of benzene rings is 1. The molecule has 1 aromatic carbocycles. The molecule has 1 aliphatic rings. The van der Waals surface area contributed by atoms with E-state index in [1.54, 1.807) is 12.1 Å². The summed E-state index contributed by atoms with van der Waals surface area (Å²) in [4.78, 5) is 15.5. The van der Waals surface area contributed by atoms with Crippen molar-refractivity contribution in [3.63, 3.8) is 0 Å². The fourth-order valence-electron chi connectivity index (χ4n) is 2.00. The third-order valence-corrected chi connectivity index (χ3v) is 3.17. The van der Waals surface area contributed by atoms with E-state index in [0.717, 1.165) is 11.4 Å². The molecule has 0 radical (unpaired) electrons. The first-order chi connectivity index (χ1) is 8.65. The Labute approximate surface area is 105 Å². The van der Waals surface area contributed by atoms with Gasteiger partial charge >= 0.3 is 0 Å². The second kappa shape index (κ2) is 3.94. The number of amides is 1. The number of aryl methyl sites for hydroxylation is 1. The number of nitrogens with zero attached hydrogens (tertiary/aromatic N) is 3. The lowest BCUT2D eigenvalue weighted by Crippen LogP contribution is -2.10. The van der Waals surface area contributed by atoms with Crippen LogP contribution in [0.25, 0.3) is 11.4 Å². The Balaban J connectivity index is 1.94. The summed E-state index contributed by atoms with van der Waals surface area (Å²) >= 11 is 0. The van der Waals surface area contributed by atoms with Gasteiger partial charge in [0, 0.05) is 24.1 Å². The molecule has 5 heteroatoms. The van der Waals surface area contributed by atoms with E-state index in [4.69, 9.17) is 5.73 Å². The number of primary amides is 1. The smallest absolute Gasteiger partial charge is 0.248 e. The normalized spacial score (nSPS) is 14.7. The number of aromatic nitrogens is 3. The van der Waals surface area contributed by atoms with Gasteiger partial charge in [-0.3, -0.25) is 9.48 Å². The predicted octanol–water partition coefficient (Wildman–Crippen LogP) is 1.46. The third-order valence-electron chi connectivity index (χ3n) is 3.17. The van der Waals surface area contributed by atoms with Crippen LogP contribution in [0.3, 0.4) is 0 Å². The summed E-state index contributed by atoms with van der Waals surface area (Å²) < 4.78 is 1.84. The van der Waals surface area contributed by atoms with Gasteiger partial charge < -0.3 is 5.73 Å². The highest BCUT2D eigenvalue weighted by Gasteiger charge is 2.29. The maximum Gasteiger partial charge on any atom is 0.248 e. The summed E-state index contributed by atoms with van der Waals surface area (Å²) in [6, 6.07) is 7.05. The van der Waals surface area contributed by atoms with Crippen LogP contribution in [-0.4, -0.2) is 20.7 Å². The van der Waals surface area contributed by atoms with Gasteiger partial charge in [-0.05, 0) is 25.0 Å². The van der Waals surface area contributed by atoms with Gasteiger partial charge in [0.2, 0.25) is 5.91 Å². The Morgan fingerprint density at radius 3 is 2.56 bits per heavy atom. The van der Waals surface area contributed by atoms with Gasteiger partial charge in [0.1, 0.15) is 5.82 Å².